The summed E-state index contributed by atoms with van der Waals surface area (Å²) in [5.74, 6) is 0. The van der Waals surface area contributed by atoms with Crippen molar-refractivity contribution in [1.29, 1.82) is 0 Å². The van der Waals surface area contributed by atoms with Gasteiger partial charge in [-0.25, -0.2) is 13.5 Å². The topological polar surface area (TPSA) is 191 Å². The van der Waals surface area contributed by atoms with Crippen LogP contribution < -0.4 is 0 Å². The summed E-state index contributed by atoms with van der Waals surface area (Å²) in [6.45, 7) is -1.11. The van der Waals surface area contributed by atoms with Crippen molar-refractivity contribution >= 4 is 21.9 Å². The number of aliphatic hydroxyl groups excluding tert-OH is 3. The van der Waals surface area contributed by atoms with Crippen LogP contribution in [0, 0.1) is 0 Å². The third-order valence-electron chi connectivity index (χ3n) is 1.83. The van der Waals surface area contributed by atoms with E-state index in [-0.39, 0.29) is 0 Å². The summed E-state index contributed by atoms with van der Waals surface area (Å²) >= 11 is 0. The van der Waals surface area contributed by atoms with Crippen molar-refractivity contribution < 1.29 is 57.1 Å². The lowest BCUT2D eigenvalue weighted by molar-refractivity contribution is -0.125. The van der Waals surface area contributed by atoms with E-state index in [1.807, 2.05) is 0 Å². The molecule has 0 fully saturated rings. The number of alkyl halides is 1. The Morgan fingerprint density at radius 2 is 1.70 bits per heavy atom. The van der Waals surface area contributed by atoms with E-state index >= 15 is 0 Å². The Labute approximate surface area is 111 Å². The minimum atomic E-state index is -5.56. The van der Waals surface area contributed by atoms with E-state index in [0.717, 1.165) is 0 Å². The zero-order valence-corrected chi connectivity index (χ0v) is 11.4. The number of carbonyl (C=O) groups excluding carboxylic acids is 1. The van der Waals surface area contributed by atoms with Gasteiger partial charge in [0.1, 0.15) is 18.3 Å². The Morgan fingerprint density at radius 1 is 1.20 bits per heavy atom. The van der Waals surface area contributed by atoms with E-state index in [1.165, 1.54) is 0 Å². The first-order valence-electron chi connectivity index (χ1n) is 4.78. The van der Waals surface area contributed by atoms with Crippen molar-refractivity contribution in [3.8, 4) is 0 Å². The van der Waals surface area contributed by atoms with Crippen LogP contribution in [-0.2, 0) is 22.8 Å². The summed E-state index contributed by atoms with van der Waals surface area (Å²) in [5, 5.41) is 26.9. The first-order chi connectivity index (χ1) is 8.93. The second kappa shape index (κ2) is 7.66. The van der Waals surface area contributed by atoms with Crippen molar-refractivity contribution in [3.05, 3.63) is 0 Å². The standard InChI is InChI=1S/C6H13FO11P2/c7-3(1-8)6(5(11)4(10)2-9)17-20(15,16)18-19(12,13)14/h1,3-6,9-11H,2H2,(H,15,16)(H2,12,13,14)/t3-,4+,5+,6+/m0/s1. The van der Waals surface area contributed by atoms with Crippen molar-refractivity contribution in [2.75, 3.05) is 6.61 Å². The van der Waals surface area contributed by atoms with Crippen LogP contribution in [0.2, 0.25) is 0 Å². The highest BCUT2D eigenvalue weighted by Crippen LogP contribution is 2.58. The molecule has 5 atom stereocenters. The number of halogens is 1. The number of rotatable bonds is 9. The quantitative estimate of drug-likeness (QED) is 0.197. The highest BCUT2D eigenvalue weighted by atomic mass is 31.3. The third kappa shape index (κ3) is 6.95. The maximum Gasteiger partial charge on any atom is 0.481 e. The molecule has 0 bridgehead atoms. The molecule has 0 aliphatic carbocycles. The number of phosphoric acid groups is 2. The molecule has 0 saturated heterocycles. The molecule has 0 rings (SSSR count). The van der Waals surface area contributed by atoms with Crippen LogP contribution in [0.4, 0.5) is 4.39 Å². The summed E-state index contributed by atoms with van der Waals surface area (Å²) in [4.78, 5) is 35.8. The van der Waals surface area contributed by atoms with Gasteiger partial charge in [0, 0.05) is 0 Å². The Hall–Kier alpha value is -0.260. The normalized spacial score (nSPS) is 21.6. The maximum absolute atomic E-state index is 13.2. The third-order valence-corrected chi connectivity index (χ3v) is 4.01. The molecular formula is C6H13FO11P2. The zero-order chi connectivity index (χ0) is 16.1. The largest absolute Gasteiger partial charge is 0.481 e. The van der Waals surface area contributed by atoms with Gasteiger partial charge in [-0.2, -0.15) is 4.31 Å². The minimum absolute atomic E-state index is 0.463. The van der Waals surface area contributed by atoms with Crippen molar-refractivity contribution in [3.63, 3.8) is 0 Å². The lowest BCUT2D eigenvalue weighted by atomic mass is 10.1. The molecule has 0 aromatic rings. The number of aldehydes is 1. The Morgan fingerprint density at radius 3 is 2.05 bits per heavy atom. The van der Waals surface area contributed by atoms with Gasteiger partial charge in [0.25, 0.3) is 0 Å². The summed E-state index contributed by atoms with van der Waals surface area (Å²) in [7, 11) is -11.0. The molecule has 1 unspecified atom stereocenters. The molecule has 20 heavy (non-hydrogen) atoms. The summed E-state index contributed by atoms with van der Waals surface area (Å²) in [6.07, 6.45) is -10.1. The van der Waals surface area contributed by atoms with Gasteiger partial charge in [0.05, 0.1) is 6.61 Å². The predicted molar refractivity (Wildman–Crippen MR) is 57.9 cm³/mol. The van der Waals surface area contributed by atoms with Gasteiger partial charge in [-0.15, -0.1) is 0 Å². The van der Waals surface area contributed by atoms with Crippen LogP contribution in [0.15, 0.2) is 0 Å². The van der Waals surface area contributed by atoms with Gasteiger partial charge in [0.15, 0.2) is 12.5 Å². The molecule has 6 N–H and O–H groups in total. The monoisotopic (exact) mass is 342 g/mol. The summed E-state index contributed by atoms with van der Waals surface area (Å²) in [6, 6.07) is 0. The smallest absolute Gasteiger partial charge is 0.394 e. The molecule has 0 amide bonds. The molecule has 11 nitrogen and oxygen atoms in total. The van der Waals surface area contributed by atoms with Crippen LogP contribution in [0.25, 0.3) is 0 Å². The number of phosphoric ester groups is 1. The molecule has 0 aromatic heterocycles. The number of hydrogen-bond acceptors (Lipinski definition) is 8. The lowest BCUT2D eigenvalue weighted by Gasteiger charge is -2.27. The highest BCUT2D eigenvalue weighted by molar-refractivity contribution is 7.60. The minimum Gasteiger partial charge on any atom is -0.394 e. The van der Waals surface area contributed by atoms with E-state index < -0.39 is 53.0 Å². The molecule has 14 heteroatoms. The van der Waals surface area contributed by atoms with Crippen LogP contribution in [-0.4, -0.2) is 67.4 Å². The number of carbonyl (C=O) groups is 1. The Bertz CT molecular complexity index is 410. The second-order valence-electron chi connectivity index (χ2n) is 3.43. The Kier molecular flexibility index (Phi) is 7.56. The molecule has 0 heterocycles. The van der Waals surface area contributed by atoms with Crippen molar-refractivity contribution in [2.24, 2.45) is 0 Å². The van der Waals surface area contributed by atoms with Crippen LogP contribution in [0.3, 0.4) is 0 Å². The van der Waals surface area contributed by atoms with Gasteiger partial charge in [0.2, 0.25) is 0 Å². The van der Waals surface area contributed by atoms with E-state index in [2.05, 4.69) is 8.83 Å². The number of aliphatic hydroxyl groups is 3. The fourth-order valence-corrected chi connectivity index (χ4v) is 2.80. The second-order valence-corrected chi connectivity index (χ2v) is 6.21. The molecule has 120 valence electrons. The predicted octanol–water partition coefficient (Wildman–Crippen LogP) is -2.17. The molecule has 0 aliphatic rings. The van der Waals surface area contributed by atoms with Crippen LogP contribution in [0.5, 0.6) is 0 Å². The lowest BCUT2D eigenvalue weighted by Crippen LogP contribution is -2.46. The SMILES string of the molecule is O=C[C@H](F)[C@@H](OP(=O)(O)OP(=O)(O)O)[C@H](O)[C@H](O)CO. The molecule has 0 radical (unpaired) electrons. The fourth-order valence-electron chi connectivity index (χ4n) is 1.02. The molecule has 0 spiro atoms. The average molecular weight is 342 g/mol. The first kappa shape index (κ1) is 19.7. The van der Waals surface area contributed by atoms with E-state index in [1.54, 1.807) is 0 Å². The highest BCUT2D eigenvalue weighted by Gasteiger charge is 2.42. The van der Waals surface area contributed by atoms with E-state index in [0.29, 0.717) is 0 Å². The van der Waals surface area contributed by atoms with Gasteiger partial charge in [-0.05, 0) is 0 Å². The molecule has 0 saturated carbocycles. The molecular weight excluding hydrogens is 329 g/mol. The fraction of sp³-hybridized carbons (Fsp3) is 0.833. The van der Waals surface area contributed by atoms with Gasteiger partial charge >= 0.3 is 15.6 Å². The van der Waals surface area contributed by atoms with E-state index in [4.69, 9.17) is 24.9 Å². The van der Waals surface area contributed by atoms with Crippen LogP contribution >= 0.6 is 15.6 Å². The van der Waals surface area contributed by atoms with Gasteiger partial charge in [-0.1, -0.05) is 0 Å². The molecule has 0 aliphatic heterocycles. The van der Waals surface area contributed by atoms with Gasteiger partial charge < -0.3 is 34.8 Å². The number of hydrogen-bond donors (Lipinski definition) is 6. The van der Waals surface area contributed by atoms with Crippen molar-refractivity contribution in [2.45, 2.75) is 24.5 Å². The average Bonchev–Trinajstić information content (AvgIpc) is 2.30. The zero-order valence-electron chi connectivity index (χ0n) is 9.59. The maximum atomic E-state index is 13.2. The Balaban J connectivity index is 5.13. The molecule has 0 aromatic carbocycles. The summed E-state index contributed by atoms with van der Waals surface area (Å²) in [5.41, 5.74) is 0. The van der Waals surface area contributed by atoms with E-state index in [9.17, 15) is 23.4 Å². The summed E-state index contributed by atoms with van der Waals surface area (Å²) < 4.78 is 42.0. The first-order valence-corrected chi connectivity index (χ1v) is 7.80. The van der Waals surface area contributed by atoms with Crippen LogP contribution in [0.1, 0.15) is 0 Å². The van der Waals surface area contributed by atoms with Gasteiger partial charge in [-0.3, -0.25) is 4.52 Å². The van der Waals surface area contributed by atoms with Crippen molar-refractivity contribution in [1.82, 2.24) is 0 Å².